The van der Waals surface area contributed by atoms with E-state index in [9.17, 15) is 0 Å². The lowest BCUT2D eigenvalue weighted by Gasteiger charge is -2.46. The van der Waals surface area contributed by atoms with Crippen molar-refractivity contribution in [3.8, 4) is 33.8 Å². The molecule has 0 unspecified atom stereocenters. The van der Waals surface area contributed by atoms with Crippen LogP contribution in [0.1, 0.15) is 25.0 Å². The van der Waals surface area contributed by atoms with Crippen LogP contribution in [-0.4, -0.2) is 0 Å². The fraction of sp³-hybridized carbons (Fsp3) is 0.0545. The second kappa shape index (κ2) is 12.7. The van der Waals surface area contributed by atoms with Gasteiger partial charge in [0.05, 0.1) is 22.7 Å². The lowest BCUT2D eigenvalue weighted by Crippen LogP contribution is -2.33. The Kier molecular flexibility index (Phi) is 7.24. The van der Waals surface area contributed by atoms with E-state index in [0.717, 1.165) is 67.4 Å². The number of benzene rings is 9. The molecule has 2 aliphatic heterocycles. The third kappa shape index (κ3) is 5.03. The second-order valence-electron chi connectivity index (χ2n) is 16.1. The van der Waals surface area contributed by atoms with Crippen molar-refractivity contribution < 1.29 is 9.15 Å². The van der Waals surface area contributed by atoms with Gasteiger partial charge >= 0.3 is 0 Å². The van der Waals surface area contributed by atoms with Crippen LogP contribution in [0, 0.1) is 0 Å². The maximum absolute atomic E-state index is 6.82. The Hall–Kier alpha value is -7.56. The van der Waals surface area contributed by atoms with E-state index in [0.29, 0.717) is 0 Å². The Morgan fingerprint density at radius 1 is 0.475 bits per heavy atom. The quantitative estimate of drug-likeness (QED) is 0.175. The van der Waals surface area contributed by atoms with E-state index in [-0.39, 0.29) is 5.41 Å². The minimum absolute atomic E-state index is 0.318. The number of fused-ring (bicyclic) bond motifs is 9. The third-order valence-electron chi connectivity index (χ3n) is 12.4. The first-order valence-corrected chi connectivity index (χ1v) is 20.3. The van der Waals surface area contributed by atoms with Gasteiger partial charge in [-0.05, 0) is 93.4 Å². The van der Waals surface area contributed by atoms with Crippen molar-refractivity contribution in [2.45, 2.75) is 19.3 Å². The van der Waals surface area contributed by atoms with E-state index in [1.807, 2.05) is 12.1 Å². The third-order valence-corrected chi connectivity index (χ3v) is 12.4. The zero-order valence-electron chi connectivity index (χ0n) is 32.7. The standard InChI is InChI=1S/C55H38N2O2/c1-55(2)45-19-9-10-20-46(45)57-52-42-16-7-6-15-37(42)27-33-49(52)58-50-34-32-41(51(55)53(50)57)38-25-30-40(31-26-38)56(39-28-23-36(24-29-39)35-13-4-3-5-14-35)47-21-12-18-44-43-17-8-11-22-48(43)59-54(44)47/h3-34H,1-2H3. The molecule has 0 N–H and O–H groups in total. The van der Waals surface area contributed by atoms with E-state index in [2.05, 4.69) is 206 Å². The fourth-order valence-corrected chi connectivity index (χ4v) is 9.66. The second-order valence-corrected chi connectivity index (χ2v) is 16.1. The van der Waals surface area contributed by atoms with Crippen molar-refractivity contribution in [3.05, 3.63) is 205 Å². The molecule has 0 saturated heterocycles. The Labute approximate surface area is 342 Å². The van der Waals surface area contributed by atoms with E-state index < -0.39 is 0 Å². The molecule has 2 aliphatic rings. The summed E-state index contributed by atoms with van der Waals surface area (Å²) in [5, 5.41) is 4.56. The van der Waals surface area contributed by atoms with Gasteiger partial charge in [0, 0.05) is 32.9 Å². The molecule has 0 amide bonds. The number of para-hydroxylation sites is 3. The smallest absolute Gasteiger partial charge is 0.159 e. The summed E-state index contributed by atoms with van der Waals surface area (Å²) < 4.78 is 13.5. The van der Waals surface area contributed by atoms with Gasteiger partial charge in [-0.2, -0.15) is 0 Å². The molecule has 0 aliphatic carbocycles. The molecule has 0 saturated carbocycles. The highest BCUT2D eigenvalue weighted by atomic mass is 16.5. The van der Waals surface area contributed by atoms with Crippen LogP contribution in [0.2, 0.25) is 0 Å². The highest BCUT2D eigenvalue weighted by molar-refractivity contribution is 6.11. The van der Waals surface area contributed by atoms with Gasteiger partial charge in [-0.1, -0.05) is 153 Å². The Morgan fingerprint density at radius 2 is 1.10 bits per heavy atom. The first-order valence-electron chi connectivity index (χ1n) is 20.3. The van der Waals surface area contributed by atoms with Gasteiger partial charge < -0.3 is 19.0 Å². The van der Waals surface area contributed by atoms with Crippen LogP contribution in [0.4, 0.5) is 34.1 Å². The zero-order chi connectivity index (χ0) is 39.2. The summed E-state index contributed by atoms with van der Waals surface area (Å²) in [5.74, 6) is 1.74. The molecular weight excluding hydrogens is 721 g/mol. The highest BCUT2D eigenvalue weighted by Gasteiger charge is 2.43. The van der Waals surface area contributed by atoms with E-state index in [1.54, 1.807) is 0 Å². The monoisotopic (exact) mass is 758 g/mol. The van der Waals surface area contributed by atoms with Crippen molar-refractivity contribution in [1.82, 2.24) is 0 Å². The molecule has 12 rings (SSSR count). The summed E-state index contributed by atoms with van der Waals surface area (Å²) in [6.45, 7) is 4.70. The van der Waals surface area contributed by atoms with Gasteiger partial charge in [0.2, 0.25) is 0 Å². The van der Waals surface area contributed by atoms with Crippen molar-refractivity contribution in [2.75, 3.05) is 9.80 Å². The zero-order valence-corrected chi connectivity index (χ0v) is 32.7. The SMILES string of the molecule is CC1(C)c2ccccc2N2c3c(ccc(-c4ccc(N(c5ccc(-c6ccccc6)cc5)c5cccc6c5oc5ccccc56)cc4)c31)Oc1ccc3ccccc3c12. The van der Waals surface area contributed by atoms with Gasteiger partial charge in [-0.25, -0.2) is 0 Å². The van der Waals surface area contributed by atoms with Gasteiger partial charge in [0.25, 0.3) is 0 Å². The lowest BCUT2D eigenvalue weighted by atomic mass is 9.70. The topological polar surface area (TPSA) is 28.9 Å². The number of nitrogens with zero attached hydrogens (tertiary/aromatic N) is 2. The van der Waals surface area contributed by atoms with Crippen molar-refractivity contribution in [1.29, 1.82) is 0 Å². The van der Waals surface area contributed by atoms with Crippen molar-refractivity contribution in [3.63, 3.8) is 0 Å². The van der Waals surface area contributed by atoms with Gasteiger partial charge in [-0.15, -0.1) is 0 Å². The molecule has 0 fully saturated rings. The van der Waals surface area contributed by atoms with E-state index >= 15 is 0 Å². The van der Waals surface area contributed by atoms with Crippen molar-refractivity contribution >= 4 is 66.8 Å². The van der Waals surface area contributed by atoms with Crippen LogP contribution in [0.25, 0.3) is 55.0 Å². The first-order chi connectivity index (χ1) is 29.0. The average Bonchev–Trinajstić information content (AvgIpc) is 3.68. The molecule has 10 aromatic rings. The summed E-state index contributed by atoms with van der Waals surface area (Å²) in [5.41, 5.74) is 15.1. The van der Waals surface area contributed by atoms with Crippen LogP contribution in [0.5, 0.6) is 11.5 Å². The molecule has 1 aromatic heterocycles. The predicted molar refractivity (Wildman–Crippen MR) is 244 cm³/mol. The summed E-state index contributed by atoms with van der Waals surface area (Å²) in [6.07, 6.45) is 0. The normalized spacial score (nSPS) is 13.5. The van der Waals surface area contributed by atoms with Gasteiger partial charge in [0.1, 0.15) is 5.58 Å². The predicted octanol–water partition coefficient (Wildman–Crippen LogP) is 15.8. The number of ether oxygens (including phenoxy) is 1. The Bertz CT molecular complexity index is 3270. The Balaban J connectivity index is 1.03. The molecule has 9 aromatic carbocycles. The summed E-state index contributed by atoms with van der Waals surface area (Å²) in [6, 6.07) is 69.3. The minimum Gasteiger partial charge on any atom is -0.454 e. The summed E-state index contributed by atoms with van der Waals surface area (Å²) >= 11 is 0. The molecule has 0 radical (unpaired) electrons. The number of rotatable bonds is 5. The molecule has 4 heteroatoms. The fourth-order valence-electron chi connectivity index (χ4n) is 9.66. The van der Waals surface area contributed by atoms with Crippen molar-refractivity contribution in [2.24, 2.45) is 0 Å². The van der Waals surface area contributed by atoms with Crippen LogP contribution in [0.3, 0.4) is 0 Å². The molecule has 59 heavy (non-hydrogen) atoms. The molecule has 3 heterocycles. The molecule has 0 spiro atoms. The number of anilines is 6. The first kappa shape index (κ1) is 33.6. The molecule has 0 atom stereocenters. The molecule has 0 bridgehead atoms. The van der Waals surface area contributed by atoms with Gasteiger partial charge in [-0.3, -0.25) is 0 Å². The molecular formula is C55H38N2O2. The number of furan rings is 1. The Morgan fingerprint density at radius 3 is 1.92 bits per heavy atom. The molecule has 280 valence electrons. The summed E-state index contributed by atoms with van der Waals surface area (Å²) in [4.78, 5) is 4.77. The number of hydrogen-bond donors (Lipinski definition) is 0. The lowest BCUT2D eigenvalue weighted by molar-refractivity contribution is 0.472. The minimum atomic E-state index is -0.318. The summed E-state index contributed by atoms with van der Waals surface area (Å²) in [7, 11) is 0. The highest BCUT2D eigenvalue weighted by Crippen LogP contribution is 2.62. The number of hydrogen-bond acceptors (Lipinski definition) is 4. The van der Waals surface area contributed by atoms with E-state index in [4.69, 9.17) is 9.15 Å². The van der Waals surface area contributed by atoms with Crippen LogP contribution < -0.4 is 14.5 Å². The average molecular weight is 759 g/mol. The van der Waals surface area contributed by atoms with Crippen LogP contribution in [-0.2, 0) is 5.41 Å². The van der Waals surface area contributed by atoms with Gasteiger partial charge in [0.15, 0.2) is 17.1 Å². The van der Waals surface area contributed by atoms with E-state index in [1.165, 1.54) is 44.3 Å². The largest absolute Gasteiger partial charge is 0.454 e. The van der Waals surface area contributed by atoms with Crippen LogP contribution >= 0.6 is 0 Å². The maximum Gasteiger partial charge on any atom is 0.159 e. The molecule has 4 nitrogen and oxygen atoms in total. The van der Waals surface area contributed by atoms with Crippen LogP contribution in [0.15, 0.2) is 199 Å². The maximum atomic E-state index is 6.82.